The first kappa shape index (κ1) is 15.0. The highest BCUT2D eigenvalue weighted by atomic mass is 32.2. The van der Waals surface area contributed by atoms with Crippen LogP contribution in [0.4, 0.5) is 0 Å². The number of sulfonamides is 1. The minimum absolute atomic E-state index is 0.00676. The van der Waals surface area contributed by atoms with Crippen LogP contribution in [0.15, 0.2) is 24.3 Å². The van der Waals surface area contributed by atoms with Crippen LogP contribution in [-0.4, -0.2) is 31.9 Å². The van der Waals surface area contributed by atoms with E-state index in [1.54, 1.807) is 28.6 Å². The summed E-state index contributed by atoms with van der Waals surface area (Å²) in [5, 5.41) is 8.86. The van der Waals surface area contributed by atoms with Gasteiger partial charge in [0.25, 0.3) is 0 Å². The maximum absolute atomic E-state index is 12.5. The van der Waals surface area contributed by atoms with Crippen LogP contribution in [0.1, 0.15) is 24.5 Å². The quantitative estimate of drug-likeness (QED) is 0.899. The smallest absolute Gasteiger partial charge is 0.218 e. The van der Waals surface area contributed by atoms with Crippen LogP contribution in [0.25, 0.3) is 0 Å². The van der Waals surface area contributed by atoms with Gasteiger partial charge < -0.3 is 5.73 Å². The van der Waals surface area contributed by atoms with Crippen molar-refractivity contribution in [3.63, 3.8) is 0 Å². The van der Waals surface area contributed by atoms with Crippen LogP contribution in [0.3, 0.4) is 0 Å². The molecule has 20 heavy (non-hydrogen) atoms. The van der Waals surface area contributed by atoms with Crippen molar-refractivity contribution < 1.29 is 8.42 Å². The molecule has 0 bridgehead atoms. The second-order valence-corrected chi connectivity index (χ2v) is 7.25. The maximum Gasteiger partial charge on any atom is 0.218 e. The molecule has 1 aromatic carbocycles. The zero-order valence-electron chi connectivity index (χ0n) is 11.5. The van der Waals surface area contributed by atoms with Crippen molar-refractivity contribution in [2.45, 2.75) is 25.1 Å². The van der Waals surface area contributed by atoms with E-state index in [2.05, 4.69) is 0 Å². The number of hydrogen-bond acceptors (Lipinski definition) is 4. The van der Waals surface area contributed by atoms with Crippen LogP contribution < -0.4 is 5.73 Å². The minimum Gasteiger partial charge on any atom is -0.330 e. The Morgan fingerprint density at radius 2 is 2.25 bits per heavy atom. The minimum atomic E-state index is -3.36. The normalized spacial score (nSPS) is 23.6. The van der Waals surface area contributed by atoms with Crippen molar-refractivity contribution in [2.75, 3.05) is 13.1 Å². The van der Waals surface area contributed by atoms with Gasteiger partial charge in [-0.1, -0.05) is 12.1 Å². The maximum atomic E-state index is 12.5. The Morgan fingerprint density at radius 3 is 2.85 bits per heavy atom. The SMILES string of the molecule is CC1CC(CN)CN1S(=O)(=O)Cc1cccc(C#N)c1. The molecular weight excluding hydrogens is 274 g/mol. The second kappa shape index (κ2) is 5.92. The van der Waals surface area contributed by atoms with Gasteiger partial charge in [0, 0.05) is 12.6 Å². The summed E-state index contributed by atoms with van der Waals surface area (Å²) in [6.07, 6.45) is 0.813. The van der Waals surface area contributed by atoms with Gasteiger partial charge in [0.1, 0.15) is 0 Å². The summed E-state index contributed by atoms with van der Waals surface area (Å²) in [5.41, 5.74) is 6.76. The molecule has 0 radical (unpaired) electrons. The highest BCUT2D eigenvalue weighted by molar-refractivity contribution is 7.88. The molecule has 0 spiro atoms. The van der Waals surface area contributed by atoms with Crippen molar-refractivity contribution in [1.29, 1.82) is 5.26 Å². The summed E-state index contributed by atoms with van der Waals surface area (Å²) in [4.78, 5) is 0. The van der Waals surface area contributed by atoms with Gasteiger partial charge in [0.05, 0.1) is 17.4 Å². The molecule has 0 aliphatic carbocycles. The molecule has 1 heterocycles. The van der Waals surface area contributed by atoms with Gasteiger partial charge in [-0.25, -0.2) is 8.42 Å². The van der Waals surface area contributed by atoms with Gasteiger partial charge in [-0.3, -0.25) is 0 Å². The Labute approximate surface area is 120 Å². The monoisotopic (exact) mass is 293 g/mol. The third-order valence-electron chi connectivity index (χ3n) is 3.70. The number of benzene rings is 1. The lowest BCUT2D eigenvalue weighted by atomic mass is 10.1. The van der Waals surface area contributed by atoms with E-state index in [9.17, 15) is 8.42 Å². The molecule has 1 saturated heterocycles. The zero-order chi connectivity index (χ0) is 14.8. The molecule has 0 amide bonds. The molecule has 2 N–H and O–H groups in total. The summed E-state index contributed by atoms with van der Waals surface area (Å²) >= 11 is 0. The van der Waals surface area contributed by atoms with Gasteiger partial charge >= 0.3 is 0 Å². The van der Waals surface area contributed by atoms with E-state index in [-0.39, 0.29) is 17.7 Å². The van der Waals surface area contributed by atoms with Crippen LogP contribution in [0, 0.1) is 17.2 Å². The van der Waals surface area contributed by atoms with Crippen molar-refractivity contribution >= 4 is 10.0 Å². The van der Waals surface area contributed by atoms with Crippen LogP contribution in [0.2, 0.25) is 0 Å². The van der Waals surface area contributed by atoms with Crippen molar-refractivity contribution in [3.05, 3.63) is 35.4 Å². The highest BCUT2D eigenvalue weighted by Crippen LogP contribution is 2.27. The molecule has 2 atom stereocenters. The Bertz CT molecular complexity index is 622. The topological polar surface area (TPSA) is 87.2 Å². The molecule has 0 saturated carbocycles. The Morgan fingerprint density at radius 1 is 1.50 bits per heavy atom. The Kier molecular flexibility index (Phi) is 4.43. The summed E-state index contributed by atoms with van der Waals surface area (Å²) in [6.45, 7) is 2.93. The molecule has 1 fully saturated rings. The van der Waals surface area contributed by atoms with Gasteiger partial charge in [0.2, 0.25) is 10.0 Å². The number of nitrogens with two attached hydrogens (primary N) is 1. The highest BCUT2D eigenvalue weighted by Gasteiger charge is 2.36. The summed E-state index contributed by atoms with van der Waals surface area (Å²) < 4.78 is 26.5. The average molecular weight is 293 g/mol. The largest absolute Gasteiger partial charge is 0.330 e. The number of hydrogen-bond donors (Lipinski definition) is 1. The predicted octanol–water partition coefficient (Wildman–Crippen LogP) is 1.06. The molecule has 2 rings (SSSR count). The third kappa shape index (κ3) is 3.18. The Hall–Kier alpha value is -1.42. The number of nitrogens with zero attached hydrogens (tertiary/aromatic N) is 2. The van der Waals surface area contributed by atoms with E-state index in [1.165, 1.54) is 0 Å². The molecule has 6 heteroatoms. The summed E-state index contributed by atoms with van der Waals surface area (Å²) in [5.74, 6) is 0.176. The molecular formula is C14H19N3O2S. The fourth-order valence-corrected chi connectivity index (χ4v) is 4.53. The summed E-state index contributed by atoms with van der Waals surface area (Å²) in [7, 11) is -3.36. The fraction of sp³-hybridized carbons (Fsp3) is 0.500. The predicted molar refractivity (Wildman–Crippen MR) is 77.1 cm³/mol. The standard InChI is InChI=1S/C14H19N3O2S/c1-11-5-14(8-16)9-17(11)20(18,19)10-13-4-2-3-12(6-13)7-15/h2-4,6,11,14H,5,8-10,16H2,1H3. The first-order valence-electron chi connectivity index (χ1n) is 6.65. The van der Waals surface area contributed by atoms with E-state index in [1.807, 2.05) is 13.0 Å². The molecule has 1 aliphatic heterocycles. The van der Waals surface area contributed by atoms with Gasteiger partial charge in [-0.2, -0.15) is 9.57 Å². The van der Waals surface area contributed by atoms with E-state index in [0.29, 0.717) is 24.2 Å². The molecule has 2 unspecified atom stereocenters. The average Bonchev–Trinajstić information content (AvgIpc) is 2.80. The van der Waals surface area contributed by atoms with Crippen LogP contribution >= 0.6 is 0 Å². The summed E-state index contributed by atoms with van der Waals surface area (Å²) in [6, 6.07) is 8.75. The number of rotatable bonds is 4. The van der Waals surface area contributed by atoms with E-state index >= 15 is 0 Å². The lowest BCUT2D eigenvalue weighted by molar-refractivity contribution is 0.404. The molecule has 1 aliphatic rings. The van der Waals surface area contributed by atoms with Crippen LogP contribution in [-0.2, 0) is 15.8 Å². The molecule has 1 aromatic rings. The van der Waals surface area contributed by atoms with Crippen LogP contribution in [0.5, 0.6) is 0 Å². The Balaban J connectivity index is 2.17. The first-order chi connectivity index (χ1) is 9.46. The molecule has 5 nitrogen and oxygen atoms in total. The van der Waals surface area contributed by atoms with E-state index < -0.39 is 10.0 Å². The first-order valence-corrected chi connectivity index (χ1v) is 8.26. The van der Waals surface area contributed by atoms with Gasteiger partial charge in [0.15, 0.2) is 0 Å². The number of nitriles is 1. The van der Waals surface area contributed by atoms with E-state index in [4.69, 9.17) is 11.0 Å². The van der Waals surface area contributed by atoms with Crippen molar-refractivity contribution in [2.24, 2.45) is 11.7 Å². The van der Waals surface area contributed by atoms with E-state index in [0.717, 1.165) is 6.42 Å². The zero-order valence-corrected chi connectivity index (χ0v) is 12.3. The second-order valence-electron chi connectivity index (χ2n) is 5.32. The van der Waals surface area contributed by atoms with Gasteiger partial charge in [-0.05, 0) is 43.5 Å². The third-order valence-corrected chi connectivity index (χ3v) is 5.62. The lowest BCUT2D eigenvalue weighted by Crippen LogP contribution is -2.35. The molecule has 108 valence electrons. The van der Waals surface area contributed by atoms with Crippen molar-refractivity contribution in [1.82, 2.24) is 4.31 Å². The van der Waals surface area contributed by atoms with Gasteiger partial charge in [-0.15, -0.1) is 0 Å². The fourth-order valence-electron chi connectivity index (χ4n) is 2.69. The lowest BCUT2D eigenvalue weighted by Gasteiger charge is -2.21. The van der Waals surface area contributed by atoms with Crippen molar-refractivity contribution in [3.8, 4) is 6.07 Å². The molecule has 0 aromatic heterocycles.